The van der Waals surface area contributed by atoms with E-state index in [1.54, 1.807) is 0 Å². The molecule has 0 aliphatic heterocycles. The molecule has 118 valence electrons. The molecule has 0 rings (SSSR count). The third-order valence-corrected chi connectivity index (χ3v) is 3.64. The number of halogens is 1. The van der Waals surface area contributed by atoms with Gasteiger partial charge in [0.1, 0.15) is 0 Å². The van der Waals surface area contributed by atoms with Gasteiger partial charge in [0, 0.05) is 6.42 Å². The summed E-state index contributed by atoms with van der Waals surface area (Å²) >= 11 is 0. The highest BCUT2D eigenvalue weighted by molar-refractivity contribution is 5.67. The number of rotatable bonds is 15. The Labute approximate surface area is 125 Å². The molecule has 0 aromatic rings. The maximum absolute atomic E-state index is 11.9. The molecule has 0 N–H and O–H groups in total. The fraction of sp³-hybridized carbons (Fsp3) is 0.833. The first-order valence-electron chi connectivity index (χ1n) is 8.60. The molecule has 0 spiro atoms. The highest BCUT2D eigenvalue weighted by Crippen LogP contribution is 2.10. The van der Waals surface area contributed by atoms with Crippen LogP contribution in [0.3, 0.4) is 0 Å². The Morgan fingerprint density at radius 1 is 0.750 bits per heavy atom. The van der Waals surface area contributed by atoms with Crippen molar-refractivity contribution in [1.82, 2.24) is 0 Å². The van der Waals surface area contributed by atoms with Gasteiger partial charge in [-0.25, -0.2) is 0 Å². The first kappa shape index (κ1) is 19.3. The van der Waals surface area contributed by atoms with Crippen LogP contribution in [0.15, 0.2) is 12.2 Å². The van der Waals surface area contributed by atoms with Crippen LogP contribution in [-0.2, 0) is 4.79 Å². The minimum atomic E-state index is -1.16. The van der Waals surface area contributed by atoms with Crippen LogP contribution in [0.25, 0.3) is 0 Å². The first-order chi connectivity index (χ1) is 9.77. The average molecular weight is 284 g/mol. The molecule has 1 nitrogen and oxygen atoms in total. The quantitative estimate of drug-likeness (QED) is 0.190. The normalized spacial score (nSPS) is 11.3. The highest BCUT2D eigenvalue weighted by atomic mass is 19.1. The third-order valence-electron chi connectivity index (χ3n) is 3.64. The van der Waals surface area contributed by atoms with E-state index in [1.165, 1.54) is 57.8 Å². The van der Waals surface area contributed by atoms with Gasteiger partial charge in [0.05, 0.1) is 0 Å². The Morgan fingerprint density at radius 2 is 1.20 bits per heavy atom. The number of hydrogen-bond acceptors (Lipinski definition) is 1. The summed E-state index contributed by atoms with van der Waals surface area (Å²) in [5, 5.41) is 0. The lowest BCUT2D eigenvalue weighted by molar-refractivity contribution is -0.129. The molecule has 0 saturated carbocycles. The molecule has 0 aliphatic carbocycles. The van der Waals surface area contributed by atoms with Crippen molar-refractivity contribution < 1.29 is 9.18 Å². The Hall–Kier alpha value is -0.660. The van der Waals surface area contributed by atoms with Crippen molar-refractivity contribution in [3.8, 4) is 0 Å². The summed E-state index contributed by atoms with van der Waals surface area (Å²) in [6.45, 7) is 2.25. The molecule has 0 atom stereocenters. The predicted molar refractivity (Wildman–Crippen MR) is 85.6 cm³/mol. The molecular weight excluding hydrogens is 251 g/mol. The van der Waals surface area contributed by atoms with Gasteiger partial charge < -0.3 is 0 Å². The molecule has 0 saturated heterocycles. The van der Waals surface area contributed by atoms with E-state index in [4.69, 9.17) is 0 Å². The summed E-state index contributed by atoms with van der Waals surface area (Å²) in [4.78, 5) is 10.1. The van der Waals surface area contributed by atoms with E-state index in [0.29, 0.717) is 6.42 Å². The Bertz CT molecular complexity index is 236. The zero-order chi connectivity index (χ0) is 14.9. The number of carbonyl (C=O) groups excluding carboxylic acids is 1. The van der Waals surface area contributed by atoms with Crippen LogP contribution >= 0.6 is 0 Å². The molecule has 2 heteroatoms. The van der Waals surface area contributed by atoms with Gasteiger partial charge in [-0.2, -0.15) is 4.39 Å². The monoisotopic (exact) mass is 284 g/mol. The fourth-order valence-corrected chi connectivity index (χ4v) is 2.33. The molecular formula is C18H33FO. The molecule has 0 amide bonds. The summed E-state index contributed by atoms with van der Waals surface area (Å²) in [6, 6.07) is -1.16. The van der Waals surface area contributed by atoms with E-state index in [9.17, 15) is 9.18 Å². The van der Waals surface area contributed by atoms with Gasteiger partial charge in [0.15, 0.2) is 0 Å². The molecule has 20 heavy (non-hydrogen) atoms. The van der Waals surface area contributed by atoms with Gasteiger partial charge in [-0.15, -0.1) is 0 Å². The van der Waals surface area contributed by atoms with Crippen LogP contribution in [-0.4, -0.2) is 6.04 Å². The maximum Gasteiger partial charge on any atom is 0.301 e. The average Bonchev–Trinajstić information content (AvgIpc) is 2.43. The van der Waals surface area contributed by atoms with Gasteiger partial charge in [-0.3, -0.25) is 4.79 Å². The Kier molecular flexibility index (Phi) is 15.9. The van der Waals surface area contributed by atoms with Crippen molar-refractivity contribution in [2.45, 2.75) is 96.8 Å². The SMILES string of the molecule is CCCCCCCC/C=C/CCCCCCCC(=O)F. The Balaban J connectivity index is 3.07. The largest absolute Gasteiger partial charge is 0.301 e. The molecule has 0 aliphatic rings. The topological polar surface area (TPSA) is 17.1 Å². The van der Waals surface area contributed by atoms with Gasteiger partial charge >= 0.3 is 6.04 Å². The standard InChI is InChI=1S/C18H33FO/c1-2-3-4-5-6-7-8-9-10-11-12-13-14-15-16-17-18(19)20/h9-10H,2-8,11-17H2,1H3/b10-9+. The van der Waals surface area contributed by atoms with Crippen molar-refractivity contribution in [3.05, 3.63) is 12.2 Å². The van der Waals surface area contributed by atoms with Crippen molar-refractivity contribution in [1.29, 1.82) is 0 Å². The number of allylic oxidation sites excluding steroid dienone is 2. The molecule has 0 bridgehead atoms. The number of carbonyl (C=O) groups is 1. The van der Waals surface area contributed by atoms with Crippen LogP contribution in [0.5, 0.6) is 0 Å². The highest BCUT2D eigenvalue weighted by Gasteiger charge is 1.96. The smallest absolute Gasteiger partial charge is 0.261 e. The maximum atomic E-state index is 11.9. The second kappa shape index (κ2) is 16.4. The zero-order valence-corrected chi connectivity index (χ0v) is 13.3. The molecule has 0 heterocycles. The predicted octanol–water partition coefficient (Wildman–Crippen LogP) is 6.52. The second-order valence-electron chi connectivity index (χ2n) is 5.69. The molecule has 0 radical (unpaired) electrons. The second-order valence-corrected chi connectivity index (χ2v) is 5.69. The van der Waals surface area contributed by atoms with Crippen LogP contribution in [0.4, 0.5) is 4.39 Å². The summed E-state index contributed by atoms with van der Waals surface area (Å²) in [5.41, 5.74) is 0. The van der Waals surface area contributed by atoms with E-state index in [1.807, 2.05) is 0 Å². The van der Waals surface area contributed by atoms with Gasteiger partial charge in [0.2, 0.25) is 0 Å². The van der Waals surface area contributed by atoms with Crippen LogP contribution in [0.1, 0.15) is 96.8 Å². The molecule has 0 aromatic heterocycles. The van der Waals surface area contributed by atoms with Crippen molar-refractivity contribution in [2.75, 3.05) is 0 Å². The van der Waals surface area contributed by atoms with E-state index >= 15 is 0 Å². The number of hydrogen-bond donors (Lipinski definition) is 0. The van der Waals surface area contributed by atoms with E-state index in [2.05, 4.69) is 19.1 Å². The fourth-order valence-electron chi connectivity index (χ4n) is 2.33. The summed E-state index contributed by atoms with van der Waals surface area (Å²) in [5.74, 6) is 0. The van der Waals surface area contributed by atoms with Crippen molar-refractivity contribution >= 4 is 6.04 Å². The van der Waals surface area contributed by atoms with Crippen LogP contribution in [0.2, 0.25) is 0 Å². The lowest BCUT2D eigenvalue weighted by atomic mass is 10.1. The van der Waals surface area contributed by atoms with E-state index in [-0.39, 0.29) is 6.42 Å². The summed E-state index contributed by atoms with van der Waals surface area (Å²) in [6.07, 6.45) is 20.6. The van der Waals surface area contributed by atoms with E-state index in [0.717, 1.165) is 19.3 Å². The van der Waals surface area contributed by atoms with Crippen LogP contribution in [0, 0.1) is 0 Å². The first-order valence-corrected chi connectivity index (χ1v) is 8.60. The van der Waals surface area contributed by atoms with Gasteiger partial charge in [-0.1, -0.05) is 70.4 Å². The van der Waals surface area contributed by atoms with Gasteiger partial charge in [-0.05, 0) is 32.1 Å². The lowest BCUT2D eigenvalue weighted by Crippen LogP contribution is -1.87. The minimum absolute atomic E-state index is 0.109. The molecule has 0 unspecified atom stereocenters. The third kappa shape index (κ3) is 17.3. The summed E-state index contributed by atoms with van der Waals surface area (Å²) in [7, 11) is 0. The molecule has 0 fully saturated rings. The van der Waals surface area contributed by atoms with Crippen molar-refractivity contribution in [3.63, 3.8) is 0 Å². The van der Waals surface area contributed by atoms with Crippen molar-refractivity contribution in [2.24, 2.45) is 0 Å². The minimum Gasteiger partial charge on any atom is -0.261 e. The molecule has 0 aromatic carbocycles. The lowest BCUT2D eigenvalue weighted by Gasteiger charge is -1.99. The number of unbranched alkanes of at least 4 members (excludes halogenated alkanes) is 11. The summed E-state index contributed by atoms with van der Waals surface area (Å²) < 4.78 is 11.9. The van der Waals surface area contributed by atoms with E-state index < -0.39 is 6.04 Å². The van der Waals surface area contributed by atoms with Crippen LogP contribution < -0.4 is 0 Å². The Morgan fingerprint density at radius 3 is 1.70 bits per heavy atom. The zero-order valence-electron chi connectivity index (χ0n) is 13.3. The van der Waals surface area contributed by atoms with Gasteiger partial charge in [0.25, 0.3) is 0 Å².